The van der Waals surface area contributed by atoms with Crippen LogP contribution in [0.3, 0.4) is 0 Å². The van der Waals surface area contributed by atoms with Gasteiger partial charge in [-0.3, -0.25) is 0 Å². The van der Waals surface area contributed by atoms with Gasteiger partial charge in [-0.1, -0.05) is 12.8 Å². The fourth-order valence-electron chi connectivity index (χ4n) is 5.60. The van der Waals surface area contributed by atoms with Gasteiger partial charge in [0, 0.05) is 62.9 Å². The standard InChI is InChI=1S/C26H58N8.2ClH.Mn/c27-14-6-3-9-22-19-32-23(10-4-7-15-28)20-33-24(11-5-8-16-29)21-34-26-13-2-1-12-25(26)31-18-17-30-22;;;/h22-26,30-34H,1-21,27-29H2;2*1H;/q;;;+2/p+1/t22-,23+,24-,25+,26+;;;/m0.../s1. The maximum absolute atomic E-state index is 4.80. The zero-order valence-electron chi connectivity index (χ0n) is 23.5. The third kappa shape index (κ3) is 18.7. The topological polar surface area (TPSA) is 143 Å². The average Bonchev–Trinajstić information content (AvgIpc) is 2.91. The molecule has 223 valence electrons. The second-order valence-corrected chi connectivity index (χ2v) is 12.8. The van der Waals surface area contributed by atoms with Gasteiger partial charge in [-0.2, -0.15) is 0 Å². The summed E-state index contributed by atoms with van der Waals surface area (Å²) in [5.41, 5.74) is 12.1. The Morgan fingerprint density at radius 1 is 0.541 bits per heavy atom. The molecule has 0 aromatic heterocycles. The number of halogens is 2. The van der Waals surface area contributed by atoms with Crippen LogP contribution < -0.4 is 43.8 Å². The molecule has 2 aliphatic rings. The van der Waals surface area contributed by atoms with Gasteiger partial charge >= 0.3 is 33.3 Å². The number of unbranched alkanes of at least 4 members (excludes halogenated alkanes) is 3. The number of rotatable bonds is 12. The first kappa shape index (κ1) is 35.8. The molecule has 1 saturated heterocycles. The quantitative estimate of drug-likeness (QED) is 0.116. The number of quaternary nitrogens is 3. The second kappa shape index (κ2) is 25.7. The fraction of sp³-hybridized carbons (Fsp3) is 1.00. The van der Waals surface area contributed by atoms with E-state index in [1.165, 1.54) is 83.5 Å². The molecule has 0 aromatic carbocycles. The van der Waals surface area contributed by atoms with Gasteiger partial charge < -0.3 is 43.8 Å². The van der Waals surface area contributed by atoms with Crippen molar-refractivity contribution in [1.82, 2.24) is 26.6 Å². The normalized spacial score (nSPS) is 28.3. The van der Waals surface area contributed by atoms with Crippen LogP contribution >= 0.6 is 20.2 Å². The van der Waals surface area contributed by atoms with Crippen molar-refractivity contribution in [3.8, 4) is 0 Å². The minimum atomic E-state index is 0.00694. The van der Waals surface area contributed by atoms with Gasteiger partial charge in [-0.15, -0.1) is 0 Å². The molecule has 1 saturated carbocycles. The molecule has 0 unspecified atom stereocenters. The van der Waals surface area contributed by atoms with Gasteiger partial charge in [0.1, 0.15) is 0 Å². The first-order valence-electron chi connectivity index (χ1n) is 15.1. The van der Waals surface area contributed by atoms with Crippen molar-refractivity contribution >= 4 is 20.2 Å². The smallest absolute Gasteiger partial charge is 0.0739 e. The molecule has 2 fully saturated rings. The Balaban J connectivity index is 0.00000217. The molecule has 0 amide bonds. The van der Waals surface area contributed by atoms with Crippen LogP contribution in [0.2, 0.25) is 0 Å². The van der Waals surface area contributed by atoms with Crippen molar-refractivity contribution in [1.29, 1.82) is 0 Å². The van der Waals surface area contributed by atoms with E-state index in [0.29, 0.717) is 30.2 Å². The molecule has 1 heterocycles. The SMILES string of the molecule is [Cl][Mn][Cl].[NH3+]CCCC[C@@H]1CN[C@@H](CCCC[NH3+])CN[C@@H]2CCCC[C@H]2NCCN[C@@H](CCCC[NH3+])CN1. The van der Waals surface area contributed by atoms with Crippen LogP contribution in [0.15, 0.2) is 0 Å². The second-order valence-electron chi connectivity index (χ2n) is 10.8. The molecule has 1 aliphatic carbocycles. The largest absolute Gasteiger partial charge is 0.358 e. The summed E-state index contributed by atoms with van der Waals surface area (Å²) < 4.78 is 0. The van der Waals surface area contributed by atoms with E-state index in [1.807, 2.05) is 0 Å². The van der Waals surface area contributed by atoms with E-state index < -0.39 is 0 Å². The Bertz CT molecular complexity index is 497. The van der Waals surface area contributed by atoms with E-state index in [0.717, 1.165) is 52.4 Å². The molecule has 0 spiro atoms. The third-order valence-corrected chi connectivity index (χ3v) is 7.82. The van der Waals surface area contributed by atoms with Crippen LogP contribution in [0, 0.1) is 0 Å². The molecule has 5 atom stereocenters. The van der Waals surface area contributed by atoms with E-state index in [2.05, 4.69) is 43.8 Å². The number of hydrogen-bond acceptors (Lipinski definition) is 5. The first-order chi connectivity index (χ1) is 18.2. The molecule has 1 aliphatic heterocycles. The predicted octanol–water partition coefficient (Wildman–Crippen LogP) is -0.0219. The van der Waals surface area contributed by atoms with Gasteiger partial charge in [-0.25, -0.2) is 0 Å². The third-order valence-electron chi connectivity index (χ3n) is 7.82. The van der Waals surface area contributed by atoms with Crippen molar-refractivity contribution in [3.05, 3.63) is 0 Å². The Hall–Kier alpha value is 0.779. The minimum Gasteiger partial charge on any atom is -0.358 e. The molecule has 8 nitrogen and oxygen atoms in total. The molecular formula is C26H61Cl2MnN8+3. The first-order valence-corrected chi connectivity index (χ1v) is 18.3. The summed E-state index contributed by atoms with van der Waals surface area (Å²) in [7, 11) is 9.59. The maximum atomic E-state index is 4.80. The summed E-state index contributed by atoms with van der Waals surface area (Å²) in [6.45, 7) is 8.46. The summed E-state index contributed by atoms with van der Waals surface area (Å²) in [5, 5.41) is 19.7. The predicted molar refractivity (Wildman–Crippen MR) is 154 cm³/mol. The van der Waals surface area contributed by atoms with Crippen LogP contribution in [0.4, 0.5) is 0 Å². The van der Waals surface area contributed by atoms with E-state index in [9.17, 15) is 0 Å². The molecule has 2 rings (SSSR count). The molecular weight excluding hydrogens is 550 g/mol. The average molecular weight is 612 g/mol. The van der Waals surface area contributed by atoms with Gasteiger partial charge in [0.2, 0.25) is 0 Å². The molecule has 0 radical (unpaired) electrons. The zero-order valence-corrected chi connectivity index (χ0v) is 26.2. The van der Waals surface area contributed by atoms with Crippen molar-refractivity contribution < 1.29 is 30.3 Å². The van der Waals surface area contributed by atoms with Crippen molar-refractivity contribution in [2.75, 3.05) is 52.4 Å². The summed E-state index contributed by atoms with van der Waals surface area (Å²) in [6.07, 6.45) is 16.5. The van der Waals surface area contributed by atoms with Gasteiger partial charge in [0.05, 0.1) is 19.6 Å². The monoisotopic (exact) mass is 610 g/mol. The maximum Gasteiger partial charge on any atom is 0.0739 e. The van der Waals surface area contributed by atoms with Crippen LogP contribution in [0.1, 0.15) is 83.5 Å². The summed E-state index contributed by atoms with van der Waals surface area (Å²) in [6, 6.07) is 2.84. The fourth-order valence-corrected chi connectivity index (χ4v) is 5.60. The van der Waals surface area contributed by atoms with Crippen molar-refractivity contribution in [3.63, 3.8) is 0 Å². The Kier molecular flexibility index (Phi) is 24.9. The zero-order chi connectivity index (χ0) is 27.0. The van der Waals surface area contributed by atoms with Gasteiger partial charge in [-0.05, 0) is 70.6 Å². The molecule has 0 bridgehead atoms. The van der Waals surface area contributed by atoms with E-state index in [4.69, 9.17) is 20.2 Å². The van der Waals surface area contributed by atoms with Crippen molar-refractivity contribution in [2.45, 2.75) is 114 Å². The van der Waals surface area contributed by atoms with Crippen LogP contribution in [0.25, 0.3) is 0 Å². The van der Waals surface area contributed by atoms with Gasteiger partial charge in [0.25, 0.3) is 0 Å². The molecule has 11 heteroatoms. The van der Waals surface area contributed by atoms with Crippen LogP contribution in [-0.2, 0) is 13.1 Å². The summed E-state index contributed by atoms with van der Waals surface area (Å²) in [5.74, 6) is 0. The Morgan fingerprint density at radius 2 is 0.919 bits per heavy atom. The number of hydrogen-bond donors (Lipinski definition) is 8. The summed E-state index contributed by atoms with van der Waals surface area (Å²) in [4.78, 5) is 0. The van der Waals surface area contributed by atoms with Gasteiger partial charge in [0.15, 0.2) is 0 Å². The molecule has 0 aromatic rings. The van der Waals surface area contributed by atoms with E-state index >= 15 is 0 Å². The number of nitrogens with one attached hydrogen (secondary N) is 5. The number of fused-ring (bicyclic) bond motifs is 1. The van der Waals surface area contributed by atoms with Crippen LogP contribution in [0.5, 0.6) is 0 Å². The summed E-state index contributed by atoms with van der Waals surface area (Å²) >= 11 is 0.00694. The Morgan fingerprint density at radius 3 is 1.38 bits per heavy atom. The minimum absolute atomic E-state index is 0.00694. The van der Waals surface area contributed by atoms with E-state index in [1.54, 1.807) is 0 Å². The Labute approximate surface area is 242 Å². The molecule has 14 N–H and O–H groups in total. The van der Waals surface area contributed by atoms with Crippen molar-refractivity contribution in [2.24, 2.45) is 0 Å². The van der Waals surface area contributed by atoms with E-state index in [-0.39, 0.29) is 13.1 Å². The molecule has 37 heavy (non-hydrogen) atoms. The van der Waals surface area contributed by atoms with Crippen LogP contribution in [-0.4, -0.2) is 82.6 Å².